The van der Waals surface area contributed by atoms with Crippen molar-refractivity contribution in [3.05, 3.63) is 65.9 Å². The number of phenols is 1. The summed E-state index contributed by atoms with van der Waals surface area (Å²) >= 11 is 0. The molecule has 0 saturated heterocycles. The van der Waals surface area contributed by atoms with Crippen LogP contribution in [-0.2, 0) is 70.4 Å². The number of H-pyrrole nitrogens is 1. The van der Waals surface area contributed by atoms with Gasteiger partial charge >= 0.3 is 11.9 Å². The number of hydrogen-bond acceptors (Lipinski definition) is 15. The highest BCUT2D eigenvalue weighted by atomic mass is 16.4. The number of carboxylic acid groups (broad SMARTS) is 2. The Kier molecular flexibility index (Phi) is 27.5. The number of carbonyl (C=O) groups is 12. The predicted octanol–water partition coefficient (Wildman–Crippen LogP) is -1.91. The monoisotopic (exact) mass is 1160 g/mol. The number of amides is 10. The first-order chi connectivity index (χ1) is 39.0. The van der Waals surface area contributed by atoms with Crippen molar-refractivity contribution in [1.29, 1.82) is 0 Å². The molecule has 0 aliphatic rings. The molecule has 0 bridgehead atoms. The zero-order valence-corrected chi connectivity index (χ0v) is 47.3. The summed E-state index contributed by atoms with van der Waals surface area (Å²) in [7, 11) is 0. The van der Waals surface area contributed by atoms with Gasteiger partial charge in [0.15, 0.2) is 0 Å². The van der Waals surface area contributed by atoms with E-state index < -0.39 is 176 Å². The molecule has 3 aromatic rings. The van der Waals surface area contributed by atoms with Crippen molar-refractivity contribution in [1.82, 2.24) is 47.5 Å². The van der Waals surface area contributed by atoms with Crippen LogP contribution >= 0.6 is 0 Å². The molecule has 0 saturated carbocycles. The number of primary amides is 2. The average molecular weight is 1170 g/mol. The molecule has 2 aromatic carbocycles. The molecule has 0 aliphatic carbocycles. The number of nitrogens with one attached hydrogen (secondary N) is 9. The van der Waals surface area contributed by atoms with E-state index >= 15 is 0 Å². The maximum atomic E-state index is 14.8. The molecule has 28 nitrogen and oxygen atoms in total. The quantitative estimate of drug-likeness (QED) is 0.0302. The molecule has 0 fully saturated rings. The molecular weight excluding hydrogens is 1080 g/mol. The van der Waals surface area contributed by atoms with E-state index in [4.69, 9.17) is 17.2 Å². The highest BCUT2D eigenvalue weighted by molar-refractivity contribution is 5.99. The fraction of sp³-hybridized carbons (Fsp3) is 0.527. The van der Waals surface area contributed by atoms with E-state index in [2.05, 4.69) is 47.5 Å². The molecule has 0 unspecified atom stereocenters. The first-order valence-electron chi connectivity index (χ1n) is 27.2. The number of aromatic amines is 1. The van der Waals surface area contributed by atoms with Crippen molar-refractivity contribution in [2.45, 2.75) is 160 Å². The van der Waals surface area contributed by atoms with Crippen LogP contribution in [0.25, 0.3) is 10.9 Å². The molecule has 3 rings (SSSR count). The molecule has 19 N–H and O–H groups in total. The number of phenolic OH excluding ortho intramolecular Hbond substituents is 1. The van der Waals surface area contributed by atoms with Crippen LogP contribution in [0.4, 0.5) is 0 Å². The van der Waals surface area contributed by atoms with E-state index in [0.717, 1.165) is 0 Å². The Morgan fingerprint density at radius 3 is 1.45 bits per heavy atom. The van der Waals surface area contributed by atoms with Gasteiger partial charge in [-0.2, -0.15) is 0 Å². The third-order valence-corrected chi connectivity index (χ3v) is 13.6. The largest absolute Gasteiger partial charge is 0.508 e. The minimum atomic E-state index is -1.93. The zero-order valence-electron chi connectivity index (χ0n) is 47.3. The summed E-state index contributed by atoms with van der Waals surface area (Å²) in [6.45, 7) is 9.10. The fourth-order valence-electron chi connectivity index (χ4n) is 8.53. The standard InChI is InChI=1S/C55H80N12O16/c1-7-29(6)45(58)54(81)65-38(22-27(2)3)50(77)63-39(23-30-12-14-32(69)15-13-30)51(78)64-40(24-31-25-59-34-11-9-8-10-33(31)34)52(79)61-35(16-19-42(56)70)47(74)60-37(18-21-44(72)73)48(75)66-41(26-68)53(80)62-36(17-20-43(57)71)49(76)67-46(28(4)5)55(82)83/h8-15,25,27-29,35-41,45-46,59,68-69H,7,16-24,26,58H2,1-6H3,(H2,56,70)(H2,57,71)(H,60,74)(H,61,79)(H,62,80)(H,63,77)(H,64,78)(H,65,81)(H,66,75)(H,67,76)(H,72,73)(H,82,83)/t29-,35-,36-,37-,38-,39-,40-,41-,45-,46-/m0/s1. The van der Waals surface area contributed by atoms with Crippen molar-refractivity contribution in [3.8, 4) is 5.75 Å². The van der Waals surface area contributed by atoms with Gasteiger partial charge in [0, 0.05) is 49.2 Å². The second kappa shape index (κ2) is 33.3. The number of hydrogen-bond donors (Lipinski definition) is 16. The van der Waals surface area contributed by atoms with E-state index in [1.165, 1.54) is 38.1 Å². The van der Waals surface area contributed by atoms with Gasteiger partial charge in [-0.05, 0) is 72.8 Å². The second-order valence-corrected chi connectivity index (χ2v) is 21.1. The van der Waals surface area contributed by atoms with Crippen LogP contribution in [0.15, 0.2) is 54.7 Å². The summed E-state index contributed by atoms with van der Waals surface area (Å²) in [5.74, 6) is -13.9. The van der Waals surface area contributed by atoms with E-state index in [0.29, 0.717) is 28.5 Å². The van der Waals surface area contributed by atoms with Crippen LogP contribution in [0.1, 0.15) is 104 Å². The smallest absolute Gasteiger partial charge is 0.326 e. The predicted molar refractivity (Wildman–Crippen MR) is 299 cm³/mol. The lowest BCUT2D eigenvalue weighted by Gasteiger charge is -2.28. The van der Waals surface area contributed by atoms with Crippen LogP contribution in [0.5, 0.6) is 5.75 Å². The summed E-state index contributed by atoms with van der Waals surface area (Å²) < 4.78 is 0. The number of rotatable bonds is 36. The number of carboxylic acids is 2. The van der Waals surface area contributed by atoms with Gasteiger partial charge in [-0.15, -0.1) is 0 Å². The maximum Gasteiger partial charge on any atom is 0.326 e. The van der Waals surface area contributed by atoms with Gasteiger partial charge in [0.25, 0.3) is 0 Å². The molecule has 1 aromatic heterocycles. The number of para-hydroxylation sites is 1. The van der Waals surface area contributed by atoms with E-state index in [1.54, 1.807) is 37.4 Å². The summed E-state index contributed by atoms with van der Waals surface area (Å²) in [6, 6.07) is -1.15. The van der Waals surface area contributed by atoms with Gasteiger partial charge in [-0.25, -0.2) is 4.79 Å². The number of aromatic nitrogens is 1. The first-order valence-corrected chi connectivity index (χ1v) is 27.2. The molecule has 0 aliphatic heterocycles. The molecule has 28 heteroatoms. The highest BCUT2D eigenvalue weighted by Crippen LogP contribution is 2.21. The van der Waals surface area contributed by atoms with Gasteiger partial charge in [0.2, 0.25) is 59.1 Å². The van der Waals surface area contributed by atoms with Crippen molar-refractivity contribution in [2.75, 3.05) is 6.61 Å². The molecule has 83 heavy (non-hydrogen) atoms. The number of fused-ring (bicyclic) bond motifs is 1. The van der Waals surface area contributed by atoms with Gasteiger partial charge in [0.05, 0.1) is 12.6 Å². The van der Waals surface area contributed by atoms with Crippen LogP contribution in [0, 0.1) is 17.8 Å². The highest BCUT2D eigenvalue weighted by Gasteiger charge is 2.36. The van der Waals surface area contributed by atoms with E-state index in [-0.39, 0.29) is 36.8 Å². The number of aliphatic carboxylic acids is 2. The Labute approximate surface area is 479 Å². The van der Waals surface area contributed by atoms with Crippen molar-refractivity contribution in [2.24, 2.45) is 35.0 Å². The summed E-state index contributed by atoms with van der Waals surface area (Å²) in [5.41, 5.74) is 18.5. The molecule has 10 atom stereocenters. The van der Waals surface area contributed by atoms with E-state index in [9.17, 15) is 78.0 Å². The van der Waals surface area contributed by atoms with Crippen molar-refractivity contribution < 1.29 is 78.0 Å². The number of benzene rings is 2. The van der Waals surface area contributed by atoms with Crippen molar-refractivity contribution >= 4 is 81.9 Å². The Morgan fingerprint density at radius 1 is 0.542 bits per heavy atom. The third-order valence-electron chi connectivity index (χ3n) is 13.6. The second-order valence-electron chi connectivity index (χ2n) is 21.1. The number of aromatic hydroxyl groups is 1. The number of aliphatic hydroxyl groups is 1. The summed E-state index contributed by atoms with van der Waals surface area (Å²) in [5, 5.41) is 59.8. The van der Waals surface area contributed by atoms with Crippen LogP contribution in [0.2, 0.25) is 0 Å². The normalized spacial score (nSPS) is 14.9. The van der Waals surface area contributed by atoms with Gasteiger partial charge in [-0.3, -0.25) is 52.7 Å². The Morgan fingerprint density at radius 2 is 0.976 bits per heavy atom. The maximum absolute atomic E-state index is 14.8. The summed E-state index contributed by atoms with van der Waals surface area (Å²) in [4.78, 5) is 163. The molecular formula is C55H80N12O16. The lowest BCUT2D eigenvalue weighted by atomic mass is 9.97. The Hall–Kier alpha value is -8.66. The van der Waals surface area contributed by atoms with Gasteiger partial charge in [0.1, 0.15) is 54.1 Å². The minimum Gasteiger partial charge on any atom is -0.508 e. The Bertz CT molecular complexity index is 2770. The number of carbonyl (C=O) groups excluding carboxylic acids is 10. The molecule has 1 heterocycles. The first kappa shape index (κ1) is 68.6. The van der Waals surface area contributed by atoms with Crippen LogP contribution in [0.3, 0.4) is 0 Å². The third kappa shape index (κ3) is 22.7. The summed E-state index contributed by atoms with van der Waals surface area (Å²) in [6.07, 6.45) is -1.67. The van der Waals surface area contributed by atoms with Gasteiger partial charge in [-0.1, -0.05) is 78.3 Å². The molecule has 0 radical (unpaired) electrons. The lowest BCUT2D eigenvalue weighted by Crippen LogP contribution is -2.61. The zero-order chi connectivity index (χ0) is 62.2. The SMILES string of the molecule is CC[C@H](C)[C@H](N)C(=O)N[C@@H](CC(C)C)C(=O)N[C@@H](Cc1ccc(O)cc1)C(=O)N[C@@H](Cc1c[nH]c2ccccc12)C(=O)N[C@@H](CCC(N)=O)C(=O)N[C@@H](CCC(=O)O)C(=O)N[C@@H](CO)C(=O)N[C@@H](CCC(N)=O)C(=O)N[C@H](C(=O)O)C(C)C. The topological polar surface area (TPSA) is 476 Å². The number of aliphatic hydroxyl groups excluding tert-OH is 1. The van der Waals surface area contributed by atoms with E-state index in [1.807, 2.05) is 20.8 Å². The van der Waals surface area contributed by atoms with Crippen LogP contribution < -0.4 is 59.7 Å². The minimum absolute atomic E-state index is 0.0974. The Balaban J connectivity index is 2.04. The van der Waals surface area contributed by atoms with Gasteiger partial charge < -0.3 is 85.1 Å². The average Bonchev–Trinajstić information content (AvgIpc) is 4.04. The molecule has 0 spiro atoms. The molecule has 456 valence electrons. The van der Waals surface area contributed by atoms with Crippen molar-refractivity contribution in [3.63, 3.8) is 0 Å². The number of nitrogens with two attached hydrogens (primary N) is 3. The lowest BCUT2D eigenvalue weighted by molar-refractivity contribution is -0.144. The van der Waals surface area contributed by atoms with Crippen LogP contribution in [-0.4, -0.2) is 157 Å². The molecule has 10 amide bonds. The fourth-order valence-corrected chi connectivity index (χ4v) is 8.53.